The van der Waals surface area contributed by atoms with E-state index >= 15 is 0 Å². The second-order valence-electron chi connectivity index (χ2n) is 4.12. The van der Waals surface area contributed by atoms with Gasteiger partial charge in [-0.25, -0.2) is 0 Å². The third-order valence-electron chi connectivity index (χ3n) is 2.65. The van der Waals surface area contributed by atoms with Crippen molar-refractivity contribution in [3.05, 3.63) is 29.8 Å². The molecule has 0 saturated carbocycles. The summed E-state index contributed by atoms with van der Waals surface area (Å²) in [6, 6.07) is 5.73. The van der Waals surface area contributed by atoms with E-state index in [1.165, 1.54) is 24.3 Å². The maximum atomic E-state index is 12.0. The molecular formula is C13H18F2N2O2. The molecule has 1 atom stereocenters. The molecular weight excluding hydrogens is 254 g/mol. The third kappa shape index (κ3) is 5.65. The summed E-state index contributed by atoms with van der Waals surface area (Å²) in [5, 5.41) is 2.68. The summed E-state index contributed by atoms with van der Waals surface area (Å²) >= 11 is 0. The molecule has 0 aliphatic carbocycles. The van der Waals surface area contributed by atoms with E-state index in [9.17, 15) is 13.6 Å². The highest BCUT2D eigenvalue weighted by molar-refractivity contribution is 5.94. The molecule has 0 radical (unpaired) electrons. The third-order valence-corrected chi connectivity index (χ3v) is 2.65. The zero-order valence-corrected chi connectivity index (χ0v) is 10.7. The lowest BCUT2D eigenvalue weighted by Crippen LogP contribution is -2.30. The number of hydrogen-bond acceptors (Lipinski definition) is 3. The van der Waals surface area contributed by atoms with Crippen LogP contribution in [0.2, 0.25) is 0 Å². The van der Waals surface area contributed by atoms with Crippen LogP contribution in [-0.2, 0) is 0 Å². The SMILES string of the molecule is CCC(N)CCNC(=O)c1cccc(OC(F)F)c1. The number of halogens is 2. The number of alkyl halides is 2. The molecule has 1 unspecified atom stereocenters. The Labute approximate surface area is 110 Å². The Bertz CT molecular complexity index is 413. The Morgan fingerprint density at radius 2 is 2.21 bits per heavy atom. The predicted molar refractivity (Wildman–Crippen MR) is 68.3 cm³/mol. The Balaban J connectivity index is 2.52. The lowest BCUT2D eigenvalue weighted by atomic mass is 10.1. The summed E-state index contributed by atoms with van der Waals surface area (Å²) < 4.78 is 28.3. The summed E-state index contributed by atoms with van der Waals surface area (Å²) in [6.07, 6.45) is 1.52. The maximum absolute atomic E-state index is 12.0. The minimum atomic E-state index is -2.90. The van der Waals surface area contributed by atoms with Gasteiger partial charge in [0.25, 0.3) is 5.91 Å². The Morgan fingerprint density at radius 3 is 2.84 bits per heavy atom. The molecule has 1 amide bonds. The fraction of sp³-hybridized carbons (Fsp3) is 0.462. The Kier molecular flexibility index (Phi) is 6.21. The van der Waals surface area contributed by atoms with E-state index in [4.69, 9.17) is 5.73 Å². The number of nitrogens with two attached hydrogens (primary N) is 1. The van der Waals surface area contributed by atoms with Gasteiger partial charge in [-0.3, -0.25) is 4.79 Å². The van der Waals surface area contributed by atoms with Crippen molar-refractivity contribution in [2.45, 2.75) is 32.4 Å². The predicted octanol–water partition coefficient (Wildman–Crippen LogP) is 2.15. The van der Waals surface area contributed by atoms with Crippen LogP contribution in [0, 0.1) is 0 Å². The van der Waals surface area contributed by atoms with Gasteiger partial charge in [-0.1, -0.05) is 13.0 Å². The lowest BCUT2D eigenvalue weighted by Gasteiger charge is -2.10. The molecule has 19 heavy (non-hydrogen) atoms. The van der Waals surface area contributed by atoms with Crippen LogP contribution in [0.4, 0.5) is 8.78 Å². The second kappa shape index (κ2) is 7.68. The van der Waals surface area contributed by atoms with E-state index in [1.807, 2.05) is 6.92 Å². The standard InChI is InChI=1S/C13H18F2N2O2/c1-2-10(16)6-7-17-12(18)9-4-3-5-11(8-9)19-13(14)15/h3-5,8,10,13H,2,6-7,16H2,1H3,(H,17,18). The number of amides is 1. The molecule has 4 nitrogen and oxygen atoms in total. The molecule has 0 aliphatic rings. The molecule has 0 heterocycles. The van der Waals surface area contributed by atoms with E-state index in [2.05, 4.69) is 10.1 Å². The van der Waals surface area contributed by atoms with Crippen LogP contribution in [0.3, 0.4) is 0 Å². The van der Waals surface area contributed by atoms with Gasteiger partial charge < -0.3 is 15.8 Å². The normalized spacial score (nSPS) is 12.3. The molecule has 1 aromatic carbocycles. The van der Waals surface area contributed by atoms with Crippen molar-refractivity contribution in [3.63, 3.8) is 0 Å². The number of ether oxygens (including phenoxy) is 1. The summed E-state index contributed by atoms with van der Waals surface area (Å²) in [5.41, 5.74) is 6.00. The van der Waals surface area contributed by atoms with E-state index in [0.29, 0.717) is 13.0 Å². The van der Waals surface area contributed by atoms with Gasteiger partial charge in [-0.15, -0.1) is 0 Å². The van der Waals surface area contributed by atoms with Crippen LogP contribution >= 0.6 is 0 Å². The van der Waals surface area contributed by atoms with Crippen LogP contribution in [-0.4, -0.2) is 25.1 Å². The van der Waals surface area contributed by atoms with Crippen LogP contribution in [0.15, 0.2) is 24.3 Å². The molecule has 0 fully saturated rings. The summed E-state index contributed by atoms with van der Waals surface area (Å²) in [7, 11) is 0. The first-order valence-electron chi connectivity index (χ1n) is 6.11. The van der Waals surface area contributed by atoms with Crippen LogP contribution in [0.5, 0.6) is 5.75 Å². The number of nitrogens with one attached hydrogen (secondary N) is 1. The fourth-order valence-electron chi connectivity index (χ4n) is 1.49. The van der Waals surface area contributed by atoms with Gasteiger partial charge in [0.2, 0.25) is 0 Å². The van der Waals surface area contributed by atoms with Gasteiger partial charge in [-0.05, 0) is 31.0 Å². The molecule has 0 bridgehead atoms. The molecule has 106 valence electrons. The molecule has 6 heteroatoms. The Morgan fingerprint density at radius 1 is 1.47 bits per heavy atom. The lowest BCUT2D eigenvalue weighted by molar-refractivity contribution is -0.0498. The number of rotatable bonds is 7. The molecule has 0 aliphatic heterocycles. The first-order chi connectivity index (χ1) is 9.02. The summed E-state index contributed by atoms with van der Waals surface area (Å²) in [4.78, 5) is 11.8. The first-order valence-corrected chi connectivity index (χ1v) is 6.11. The zero-order valence-electron chi connectivity index (χ0n) is 10.7. The minimum absolute atomic E-state index is 0.0343. The summed E-state index contributed by atoms with van der Waals surface area (Å²) in [5.74, 6) is -0.365. The second-order valence-corrected chi connectivity index (χ2v) is 4.12. The fourth-order valence-corrected chi connectivity index (χ4v) is 1.49. The largest absolute Gasteiger partial charge is 0.435 e. The maximum Gasteiger partial charge on any atom is 0.387 e. The van der Waals surface area contributed by atoms with Crippen molar-refractivity contribution in [1.82, 2.24) is 5.32 Å². The molecule has 1 aromatic rings. The van der Waals surface area contributed by atoms with Gasteiger partial charge in [0.15, 0.2) is 0 Å². The molecule has 0 spiro atoms. The van der Waals surface area contributed by atoms with Crippen molar-refractivity contribution in [1.29, 1.82) is 0 Å². The molecule has 0 aromatic heterocycles. The van der Waals surface area contributed by atoms with E-state index in [1.54, 1.807) is 0 Å². The van der Waals surface area contributed by atoms with Crippen molar-refractivity contribution in [2.24, 2.45) is 5.73 Å². The summed E-state index contributed by atoms with van der Waals surface area (Å²) in [6.45, 7) is -0.480. The minimum Gasteiger partial charge on any atom is -0.435 e. The zero-order chi connectivity index (χ0) is 14.3. The van der Waals surface area contributed by atoms with E-state index < -0.39 is 6.61 Å². The molecule has 0 saturated heterocycles. The van der Waals surface area contributed by atoms with Gasteiger partial charge in [0.05, 0.1) is 0 Å². The number of carbonyl (C=O) groups excluding carboxylic acids is 1. The first kappa shape index (κ1) is 15.4. The monoisotopic (exact) mass is 272 g/mol. The van der Waals surface area contributed by atoms with Crippen molar-refractivity contribution in [3.8, 4) is 5.75 Å². The van der Waals surface area contributed by atoms with Crippen molar-refractivity contribution >= 4 is 5.91 Å². The number of benzene rings is 1. The van der Waals surface area contributed by atoms with Crippen molar-refractivity contribution in [2.75, 3.05) is 6.54 Å². The molecule has 1 rings (SSSR count). The Hall–Kier alpha value is -1.69. The van der Waals surface area contributed by atoms with Crippen molar-refractivity contribution < 1.29 is 18.3 Å². The van der Waals surface area contributed by atoms with E-state index in [0.717, 1.165) is 6.42 Å². The number of carbonyl (C=O) groups is 1. The highest BCUT2D eigenvalue weighted by atomic mass is 19.3. The van der Waals surface area contributed by atoms with Crippen LogP contribution < -0.4 is 15.8 Å². The highest BCUT2D eigenvalue weighted by Crippen LogP contribution is 2.15. The average molecular weight is 272 g/mol. The van der Waals surface area contributed by atoms with E-state index in [-0.39, 0.29) is 23.3 Å². The average Bonchev–Trinajstić information content (AvgIpc) is 2.37. The van der Waals surface area contributed by atoms with Crippen LogP contribution in [0.25, 0.3) is 0 Å². The van der Waals surface area contributed by atoms with Gasteiger partial charge in [0.1, 0.15) is 5.75 Å². The smallest absolute Gasteiger partial charge is 0.387 e. The highest BCUT2D eigenvalue weighted by Gasteiger charge is 2.09. The topological polar surface area (TPSA) is 64.3 Å². The van der Waals surface area contributed by atoms with Gasteiger partial charge in [-0.2, -0.15) is 8.78 Å². The van der Waals surface area contributed by atoms with Gasteiger partial charge >= 0.3 is 6.61 Å². The van der Waals surface area contributed by atoms with Gasteiger partial charge in [0, 0.05) is 18.2 Å². The quantitative estimate of drug-likeness (QED) is 0.799. The number of hydrogen-bond donors (Lipinski definition) is 2. The van der Waals surface area contributed by atoms with Crippen LogP contribution in [0.1, 0.15) is 30.1 Å². The molecule has 3 N–H and O–H groups in total.